The number of rotatable bonds is 2. The maximum atomic E-state index is 12.5. The van der Waals surface area contributed by atoms with Crippen LogP contribution in [0.5, 0.6) is 5.75 Å². The minimum Gasteiger partial charge on any atom is -0.483 e. The Morgan fingerprint density at radius 1 is 1.19 bits per heavy atom. The van der Waals surface area contributed by atoms with Crippen LogP contribution in [0.25, 0.3) is 10.9 Å². The third-order valence-corrected chi connectivity index (χ3v) is 5.54. The summed E-state index contributed by atoms with van der Waals surface area (Å²) >= 11 is 6.00. The molecule has 1 aromatic heterocycles. The monoisotopic (exact) mass is 366 g/mol. The number of aromatic amines is 1. The Labute approximate surface area is 156 Å². The van der Waals surface area contributed by atoms with Crippen molar-refractivity contribution >= 4 is 28.3 Å². The molecule has 0 atom stereocenters. The van der Waals surface area contributed by atoms with Crippen LogP contribution in [-0.2, 0) is 6.54 Å². The number of hydrogen-bond acceptors (Lipinski definition) is 3. The third-order valence-electron chi connectivity index (χ3n) is 5.30. The minimum absolute atomic E-state index is 0.123. The molecular formula is C21H19ClN2O2. The number of benzene rings is 2. The SMILES string of the molecule is Cc1cc2cc(CN3CC4(CC(=O)c5cc(Cl)ccc5O4)C3)ccc2[nH]1. The van der Waals surface area contributed by atoms with Gasteiger partial charge in [-0.2, -0.15) is 0 Å². The van der Waals surface area contributed by atoms with Crippen molar-refractivity contribution < 1.29 is 9.53 Å². The molecule has 26 heavy (non-hydrogen) atoms. The molecular weight excluding hydrogens is 348 g/mol. The van der Waals surface area contributed by atoms with E-state index in [1.54, 1.807) is 18.2 Å². The van der Waals surface area contributed by atoms with E-state index in [4.69, 9.17) is 16.3 Å². The fourth-order valence-electron chi connectivity index (χ4n) is 4.21. The first-order valence-corrected chi connectivity index (χ1v) is 9.20. The smallest absolute Gasteiger partial charge is 0.170 e. The number of likely N-dealkylation sites (tertiary alicyclic amines) is 1. The van der Waals surface area contributed by atoms with E-state index < -0.39 is 0 Å². The molecule has 0 unspecified atom stereocenters. The number of aryl methyl sites for hydroxylation is 1. The Bertz CT molecular complexity index is 1030. The van der Waals surface area contributed by atoms with Crippen LogP contribution in [0.15, 0.2) is 42.5 Å². The van der Waals surface area contributed by atoms with Crippen LogP contribution in [-0.4, -0.2) is 34.4 Å². The van der Waals surface area contributed by atoms with Crippen molar-refractivity contribution in [3.63, 3.8) is 0 Å². The molecule has 5 rings (SSSR count). The number of aromatic nitrogens is 1. The highest BCUT2D eigenvalue weighted by Gasteiger charge is 2.49. The lowest BCUT2D eigenvalue weighted by atomic mass is 9.83. The van der Waals surface area contributed by atoms with Crippen molar-refractivity contribution in [3.05, 3.63) is 64.3 Å². The van der Waals surface area contributed by atoms with Gasteiger partial charge in [0.1, 0.15) is 11.4 Å². The van der Waals surface area contributed by atoms with Crippen molar-refractivity contribution in [1.29, 1.82) is 0 Å². The fourth-order valence-corrected chi connectivity index (χ4v) is 4.38. The number of Topliss-reactive ketones (excluding diaryl/α,β-unsaturated/α-hetero) is 1. The largest absolute Gasteiger partial charge is 0.483 e. The summed E-state index contributed by atoms with van der Waals surface area (Å²) in [6, 6.07) is 14.0. The second-order valence-corrected chi connectivity index (χ2v) is 7.98. The van der Waals surface area contributed by atoms with Gasteiger partial charge in [-0.25, -0.2) is 0 Å². The van der Waals surface area contributed by atoms with Gasteiger partial charge >= 0.3 is 0 Å². The normalized spacial score (nSPS) is 18.6. The number of ether oxygens (including phenoxy) is 1. The second kappa shape index (κ2) is 5.60. The van der Waals surface area contributed by atoms with E-state index in [-0.39, 0.29) is 11.4 Å². The molecule has 3 aromatic rings. The lowest BCUT2D eigenvalue weighted by Crippen LogP contribution is -2.66. The first-order chi connectivity index (χ1) is 12.5. The topological polar surface area (TPSA) is 45.3 Å². The Morgan fingerprint density at radius 3 is 2.88 bits per heavy atom. The van der Waals surface area contributed by atoms with E-state index in [1.165, 1.54) is 22.2 Å². The van der Waals surface area contributed by atoms with Crippen LogP contribution in [0.2, 0.25) is 5.02 Å². The number of nitrogens with zero attached hydrogens (tertiary/aromatic N) is 1. The third kappa shape index (κ3) is 2.61. The summed E-state index contributed by atoms with van der Waals surface area (Å²) in [5.41, 5.74) is 3.85. The zero-order chi connectivity index (χ0) is 17.9. The zero-order valence-corrected chi connectivity index (χ0v) is 15.3. The van der Waals surface area contributed by atoms with Gasteiger partial charge < -0.3 is 9.72 Å². The molecule has 0 aliphatic carbocycles. The van der Waals surface area contributed by atoms with Crippen LogP contribution < -0.4 is 4.74 Å². The molecule has 2 aromatic carbocycles. The molecule has 4 nitrogen and oxygen atoms in total. The van der Waals surface area contributed by atoms with Gasteiger partial charge in [-0.3, -0.25) is 9.69 Å². The number of ketones is 1. The Hall–Kier alpha value is -2.30. The van der Waals surface area contributed by atoms with Crippen molar-refractivity contribution in [2.24, 2.45) is 0 Å². The van der Waals surface area contributed by atoms with Crippen LogP contribution in [0, 0.1) is 6.92 Å². The first-order valence-electron chi connectivity index (χ1n) is 8.82. The van der Waals surface area contributed by atoms with Gasteiger partial charge in [-0.05, 0) is 54.3 Å². The maximum Gasteiger partial charge on any atom is 0.170 e. The summed E-state index contributed by atoms with van der Waals surface area (Å²) in [4.78, 5) is 18.2. The maximum absolute atomic E-state index is 12.5. The molecule has 0 bridgehead atoms. The average molecular weight is 367 g/mol. The van der Waals surface area contributed by atoms with Gasteiger partial charge in [0.15, 0.2) is 5.78 Å². The van der Waals surface area contributed by atoms with E-state index in [0.29, 0.717) is 22.8 Å². The summed E-state index contributed by atoms with van der Waals surface area (Å²) in [6.45, 7) is 4.48. The molecule has 2 aliphatic heterocycles. The molecule has 1 spiro atoms. The minimum atomic E-state index is -0.382. The van der Waals surface area contributed by atoms with Crippen LogP contribution in [0.1, 0.15) is 28.0 Å². The quantitative estimate of drug-likeness (QED) is 0.733. The summed E-state index contributed by atoms with van der Waals surface area (Å²) in [6.07, 6.45) is 0.423. The number of hydrogen-bond donors (Lipinski definition) is 1. The molecule has 0 saturated carbocycles. The summed E-state index contributed by atoms with van der Waals surface area (Å²) in [5.74, 6) is 0.784. The molecule has 0 amide bonds. The van der Waals surface area contributed by atoms with Crippen molar-refractivity contribution in [2.75, 3.05) is 13.1 Å². The number of halogens is 1. The molecule has 1 fully saturated rings. The molecule has 2 aliphatic rings. The van der Waals surface area contributed by atoms with Gasteiger partial charge in [0.05, 0.1) is 12.0 Å². The number of nitrogens with one attached hydrogen (secondary N) is 1. The van der Waals surface area contributed by atoms with E-state index >= 15 is 0 Å². The lowest BCUT2D eigenvalue weighted by Gasteiger charge is -2.51. The van der Waals surface area contributed by atoms with Gasteiger partial charge in [0, 0.05) is 35.9 Å². The van der Waals surface area contributed by atoms with Crippen molar-refractivity contribution in [3.8, 4) is 5.75 Å². The number of carbonyl (C=O) groups excluding carboxylic acids is 1. The van der Waals surface area contributed by atoms with Gasteiger partial charge in [0.25, 0.3) is 0 Å². The Balaban J connectivity index is 1.30. The van der Waals surface area contributed by atoms with Crippen LogP contribution >= 0.6 is 11.6 Å². The zero-order valence-electron chi connectivity index (χ0n) is 14.5. The number of H-pyrrole nitrogens is 1. The van der Waals surface area contributed by atoms with Crippen LogP contribution in [0.3, 0.4) is 0 Å². The van der Waals surface area contributed by atoms with Crippen molar-refractivity contribution in [2.45, 2.75) is 25.5 Å². The summed E-state index contributed by atoms with van der Waals surface area (Å²) in [7, 11) is 0. The second-order valence-electron chi connectivity index (χ2n) is 7.54. The number of fused-ring (bicyclic) bond motifs is 2. The highest BCUT2D eigenvalue weighted by molar-refractivity contribution is 6.31. The molecule has 3 heterocycles. The predicted octanol–water partition coefficient (Wildman–Crippen LogP) is 4.35. The summed E-state index contributed by atoms with van der Waals surface area (Å²) < 4.78 is 6.20. The number of carbonyl (C=O) groups is 1. The van der Waals surface area contributed by atoms with Crippen molar-refractivity contribution in [1.82, 2.24) is 9.88 Å². The molecule has 1 saturated heterocycles. The van der Waals surface area contributed by atoms with E-state index in [2.05, 4.69) is 41.1 Å². The molecule has 5 heteroatoms. The van der Waals surface area contributed by atoms with Crippen LogP contribution in [0.4, 0.5) is 0 Å². The molecule has 1 N–H and O–H groups in total. The Morgan fingerprint density at radius 2 is 2.04 bits per heavy atom. The van der Waals surface area contributed by atoms with Gasteiger partial charge in [0.2, 0.25) is 0 Å². The highest BCUT2D eigenvalue weighted by atomic mass is 35.5. The molecule has 0 radical (unpaired) electrons. The Kier molecular flexibility index (Phi) is 3.43. The summed E-state index contributed by atoms with van der Waals surface area (Å²) in [5, 5.41) is 1.81. The average Bonchev–Trinajstić information content (AvgIpc) is 2.93. The standard InChI is InChI=1S/C21H19ClN2O2/c1-13-6-15-7-14(2-4-18(15)23-13)10-24-11-21(12-24)9-19(25)17-8-16(22)3-5-20(17)26-21/h2-8,23H,9-12H2,1H3. The van der Waals surface area contributed by atoms with Gasteiger partial charge in [-0.15, -0.1) is 0 Å². The highest BCUT2D eigenvalue weighted by Crippen LogP contribution is 2.40. The predicted molar refractivity (Wildman–Crippen MR) is 102 cm³/mol. The molecule has 132 valence electrons. The van der Waals surface area contributed by atoms with Gasteiger partial charge in [-0.1, -0.05) is 17.7 Å². The van der Waals surface area contributed by atoms with E-state index in [1.807, 2.05) is 0 Å². The lowest BCUT2D eigenvalue weighted by molar-refractivity contribution is -0.0848. The fraction of sp³-hybridized carbons (Fsp3) is 0.286. The first kappa shape index (κ1) is 15.9. The van der Waals surface area contributed by atoms with E-state index in [0.717, 1.165) is 19.6 Å². The van der Waals surface area contributed by atoms with E-state index in [9.17, 15) is 4.79 Å².